The predicted molar refractivity (Wildman–Crippen MR) is 171 cm³/mol. The molecule has 0 amide bonds. The van der Waals surface area contributed by atoms with Crippen LogP contribution in [0.15, 0.2) is 12.2 Å². The second-order valence-corrected chi connectivity index (χ2v) is 24.1. The first kappa shape index (κ1) is 40.5. The van der Waals surface area contributed by atoms with Gasteiger partial charge in [-0.15, -0.1) is 0 Å². The van der Waals surface area contributed by atoms with Gasteiger partial charge in [0.1, 0.15) is 6.10 Å². The predicted octanol–water partition coefficient (Wildman–Crippen LogP) is 5.00. The van der Waals surface area contributed by atoms with Crippen LogP contribution in [0.5, 0.6) is 0 Å². The highest BCUT2D eigenvalue weighted by Gasteiger charge is 2.59. The van der Waals surface area contributed by atoms with Crippen molar-refractivity contribution in [1.82, 2.24) is 0 Å². The third kappa shape index (κ3) is 10.8. The van der Waals surface area contributed by atoms with Crippen LogP contribution in [0, 0.1) is 0 Å². The van der Waals surface area contributed by atoms with Gasteiger partial charge in [-0.2, -0.15) is 0 Å². The molecule has 0 unspecified atom stereocenters. The van der Waals surface area contributed by atoms with Crippen molar-refractivity contribution in [2.24, 2.45) is 0 Å². The van der Waals surface area contributed by atoms with Crippen molar-refractivity contribution in [1.29, 1.82) is 0 Å². The Balaban J connectivity index is 4.41. The Kier molecular flexibility index (Phi) is 13.4. The van der Waals surface area contributed by atoms with Gasteiger partial charge in [0.2, 0.25) is 0 Å². The summed E-state index contributed by atoms with van der Waals surface area (Å²) in [4.78, 5) is 63.0. The van der Waals surface area contributed by atoms with E-state index in [0.29, 0.717) is 0 Å². The fourth-order valence-electron chi connectivity index (χ4n) is 4.39. The Morgan fingerprint density at radius 3 is 1.11 bits per heavy atom. The molecule has 0 heterocycles. The molecule has 0 aliphatic heterocycles. The minimum atomic E-state index is -2.78. The first-order valence-corrected chi connectivity index (χ1v) is 20.8. The van der Waals surface area contributed by atoms with E-state index in [1.807, 2.05) is 67.7 Å². The molecule has 0 bridgehead atoms. The second kappa shape index (κ2) is 14.9. The topological polar surface area (TPSA) is 150 Å². The first-order valence-electron chi connectivity index (χ1n) is 15.0. The molecule has 0 saturated heterocycles. The van der Waals surface area contributed by atoms with E-state index in [-0.39, 0.29) is 15.6 Å². The van der Waals surface area contributed by atoms with Gasteiger partial charge in [0, 0.05) is 34.6 Å². The fourth-order valence-corrected chi connectivity index (χ4v) is 6.96. The van der Waals surface area contributed by atoms with Gasteiger partial charge in [0.05, 0.1) is 6.10 Å². The molecule has 7 atom stereocenters. The van der Waals surface area contributed by atoms with Gasteiger partial charge < -0.3 is 32.5 Å². The van der Waals surface area contributed by atoms with Crippen LogP contribution in [0.2, 0.25) is 36.3 Å². The summed E-state index contributed by atoms with van der Waals surface area (Å²) in [5.74, 6) is -3.97. The lowest BCUT2D eigenvalue weighted by Gasteiger charge is -2.51. The van der Waals surface area contributed by atoms with Crippen LogP contribution in [-0.2, 0) is 56.5 Å². The molecule has 0 aromatic heterocycles. The zero-order valence-electron chi connectivity index (χ0n) is 29.6. The molecular formula is C31H54O12Si2. The molecule has 0 N–H and O–H groups in total. The quantitative estimate of drug-likeness (QED) is 0.140. The summed E-state index contributed by atoms with van der Waals surface area (Å²) in [6, 6.07) is 0. The Hall–Kier alpha value is -2.56. The van der Waals surface area contributed by atoms with E-state index in [0.717, 1.165) is 27.7 Å². The number of carbonyl (C=O) groups is 5. The Morgan fingerprint density at radius 1 is 0.489 bits per heavy atom. The number of esters is 5. The summed E-state index contributed by atoms with van der Waals surface area (Å²) in [5, 5.41) is -0.698. The maximum Gasteiger partial charge on any atom is 0.303 e. The van der Waals surface area contributed by atoms with Crippen molar-refractivity contribution < 1.29 is 56.5 Å². The number of carbonyl (C=O) groups excluding carboxylic acids is 5. The second-order valence-electron chi connectivity index (χ2n) is 14.5. The van der Waals surface area contributed by atoms with Crippen LogP contribution in [0.4, 0.5) is 0 Å². The molecule has 1 rings (SSSR count). The van der Waals surface area contributed by atoms with Gasteiger partial charge in [0.15, 0.2) is 47.2 Å². The molecule has 1 fully saturated rings. The molecular weight excluding hydrogens is 621 g/mol. The Labute approximate surface area is 270 Å². The highest BCUT2D eigenvalue weighted by molar-refractivity contribution is 6.74. The van der Waals surface area contributed by atoms with Gasteiger partial charge >= 0.3 is 29.8 Å². The third-order valence-corrected chi connectivity index (χ3v) is 17.5. The van der Waals surface area contributed by atoms with E-state index in [4.69, 9.17) is 32.5 Å². The molecule has 0 radical (unpaired) electrons. The van der Waals surface area contributed by atoms with Crippen molar-refractivity contribution in [3.63, 3.8) is 0 Å². The average Bonchev–Trinajstić information content (AvgIpc) is 2.81. The summed E-state index contributed by atoms with van der Waals surface area (Å²) in [6.07, 6.45) is -10.0. The lowest BCUT2D eigenvalue weighted by atomic mass is 9.83. The summed E-state index contributed by atoms with van der Waals surface area (Å²) < 4.78 is 42.7. The van der Waals surface area contributed by atoms with Crippen molar-refractivity contribution in [3.05, 3.63) is 12.2 Å². The summed E-state index contributed by atoms with van der Waals surface area (Å²) in [7, 11) is -5.51. The largest absolute Gasteiger partial charge is 0.456 e. The van der Waals surface area contributed by atoms with Crippen LogP contribution in [0.3, 0.4) is 0 Å². The molecule has 12 nitrogen and oxygen atoms in total. The first-order chi connectivity index (χ1) is 20.1. The minimum absolute atomic E-state index is 0.126. The van der Waals surface area contributed by atoms with E-state index < -0.39 is 89.2 Å². The van der Waals surface area contributed by atoms with E-state index >= 15 is 0 Å². The molecule has 258 valence electrons. The van der Waals surface area contributed by atoms with Crippen molar-refractivity contribution in [3.8, 4) is 0 Å². The monoisotopic (exact) mass is 674 g/mol. The van der Waals surface area contributed by atoms with Crippen LogP contribution < -0.4 is 0 Å². The van der Waals surface area contributed by atoms with Crippen molar-refractivity contribution >= 4 is 46.5 Å². The minimum Gasteiger partial charge on any atom is -0.456 e. The van der Waals surface area contributed by atoms with Gasteiger partial charge in [-0.25, -0.2) is 0 Å². The van der Waals surface area contributed by atoms with E-state index in [1.165, 1.54) is 6.92 Å². The lowest BCUT2D eigenvalue weighted by Crippen LogP contribution is -2.67. The molecule has 14 heteroatoms. The summed E-state index contributed by atoms with van der Waals surface area (Å²) in [6.45, 7) is 30.1. The van der Waals surface area contributed by atoms with Crippen LogP contribution in [0.1, 0.15) is 76.2 Å². The normalized spacial score (nSPS) is 26.6. The highest BCUT2D eigenvalue weighted by atomic mass is 28.4. The Morgan fingerprint density at radius 2 is 0.778 bits per heavy atom. The molecule has 0 spiro atoms. The maximum atomic E-state index is 12.8. The van der Waals surface area contributed by atoms with Crippen molar-refractivity contribution in [2.45, 2.75) is 155 Å². The number of hydrogen-bond donors (Lipinski definition) is 0. The van der Waals surface area contributed by atoms with E-state index in [2.05, 4.69) is 6.58 Å². The average molecular weight is 675 g/mol. The van der Waals surface area contributed by atoms with Gasteiger partial charge in [-0.05, 0) is 41.8 Å². The number of rotatable bonds is 9. The van der Waals surface area contributed by atoms with E-state index in [9.17, 15) is 24.0 Å². The number of ether oxygens (including phenoxy) is 5. The Bertz CT molecular complexity index is 1130. The summed E-state index contributed by atoms with van der Waals surface area (Å²) in [5.41, 5.74) is 0.126. The molecule has 45 heavy (non-hydrogen) atoms. The fraction of sp³-hybridized carbons (Fsp3) is 0.774. The molecule has 1 aliphatic carbocycles. The molecule has 1 aliphatic rings. The van der Waals surface area contributed by atoms with Crippen molar-refractivity contribution in [2.75, 3.05) is 0 Å². The smallest absolute Gasteiger partial charge is 0.303 e. The maximum absolute atomic E-state index is 12.8. The zero-order chi connectivity index (χ0) is 35.5. The number of hydrogen-bond acceptors (Lipinski definition) is 12. The van der Waals surface area contributed by atoms with Crippen LogP contribution in [0.25, 0.3) is 0 Å². The van der Waals surface area contributed by atoms with Gasteiger partial charge in [0.25, 0.3) is 0 Å². The lowest BCUT2D eigenvalue weighted by molar-refractivity contribution is -0.223. The highest BCUT2D eigenvalue weighted by Crippen LogP contribution is 2.45. The van der Waals surface area contributed by atoms with Gasteiger partial charge in [-0.1, -0.05) is 48.1 Å². The zero-order valence-corrected chi connectivity index (χ0v) is 31.6. The van der Waals surface area contributed by atoms with Gasteiger partial charge in [-0.3, -0.25) is 24.0 Å². The van der Waals surface area contributed by atoms with E-state index in [1.54, 1.807) is 0 Å². The molecule has 0 aromatic rings. The molecule has 0 aromatic carbocycles. The summed E-state index contributed by atoms with van der Waals surface area (Å²) >= 11 is 0. The SMILES string of the molecule is C=C1[C@@H](O[Si](C)(C)C(C)(C)C)[C@H](O[Si](C)(C)C(C)(C)C)[C@@H](OC(C)=O)[C@@H](OC(C)=O)[C@@H](OC(C)=O)[C@H](OC(C)=O)[C@@H]1OC(C)=O. The molecule has 1 saturated carbocycles. The van der Waals surface area contributed by atoms with Crippen LogP contribution in [-0.4, -0.2) is 89.2 Å². The standard InChI is InChI=1S/C31H54O12Si2/c1-17-23(37-18(2)32)25(38-19(3)33)26(39-20(4)34)27(40-21(5)35)28(41-22(6)36)29(43-45(15,16)31(10,11)12)24(17)42-44(13,14)30(7,8)9/h23-29H,1H2,2-16H3/t23-,24-,25-,26+,27+,28+,29+/m1/s1. The van der Waals surface area contributed by atoms with Crippen LogP contribution >= 0.6 is 0 Å². The third-order valence-electron chi connectivity index (χ3n) is 8.59.